The summed E-state index contributed by atoms with van der Waals surface area (Å²) >= 11 is 0. The summed E-state index contributed by atoms with van der Waals surface area (Å²) in [6.45, 7) is 2.16. The van der Waals surface area contributed by atoms with Gasteiger partial charge in [-0.3, -0.25) is 0 Å². The van der Waals surface area contributed by atoms with Gasteiger partial charge < -0.3 is 0 Å². The van der Waals surface area contributed by atoms with Crippen LogP contribution < -0.4 is 0 Å². The van der Waals surface area contributed by atoms with Crippen LogP contribution in [0.25, 0.3) is 0 Å². The summed E-state index contributed by atoms with van der Waals surface area (Å²) in [6.07, 6.45) is 6.57. The van der Waals surface area contributed by atoms with Crippen molar-refractivity contribution < 1.29 is 17.6 Å². The Balaban J connectivity index is 1.74. The van der Waals surface area contributed by atoms with Crippen LogP contribution in [0.1, 0.15) is 67.2 Å². The van der Waals surface area contributed by atoms with E-state index in [9.17, 15) is 17.6 Å². The second-order valence-corrected chi connectivity index (χ2v) is 7.23. The molecule has 140 valence electrons. The zero-order valence-corrected chi connectivity index (χ0v) is 15.1. The highest BCUT2D eigenvalue weighted by Crippen LogP contribution is 2.36. The predicted molar refractivity (Wildman–Crippen MR) is 95.3 cm³/mol. The molecule has 0 nitrogen and oxygen atoms in total. The third-order valence-electron chi connectivity index (χ3n) is 5.39. The summed E-state index contributed by atoms with van der Waals surface area (Å²) in [4.78, 5) is 0. The number of halogens is 4. The summed E-state index contributed by atoms with van der Waals surface area (Å²) in [5.41, 5.74) is 2.24. The van der Waals surface area contributed by atoms with Gasteiger partial charge in [0.1, 0.15) is 5.82 Å². The lowest BCUT2D eigenvalue weighted by atomic mass is 9.79. The summed E-state index contributed by atoms with van der Waals surface area (Å²) < 4.78 is 55.4. The number of hydrogen-bond donors (Lipinski definition) is 0. The van der Waals surface area contributed by atoms with E-state index in [1.54, 1.807) is 12.1 Å². The van der Waals surface area contributed by atoms with Gasteiger partial charge in [-0.25, -0.2) is 17.6 Å². The number of hydrogen-bond acceptors (Lipinski definition) is 0. The average Bonchev–Trinajstić information content (AvgIpc) is 2.63. The Morgan fingerprint density at radius 1 is 0.923 bits per heavy atom. The van der Waals surface area contributed by atoms with Crippen LogP contribution in [0.5, 0.6) is 0 Å². The fourth-order valence-electron chi connectivity index (χ4n) is 3.90. The van der Waals surface area contributed by atoms with E-state index in [0.29, 0.717) is 30.4 Å². The zero-order chi connectivity index (χ0) is 18.7. The van der Waals surface area contributed by atoms with Crippen LogP contribution in [0.2, 0.25) is 0 Å². The van der Waals surface area contributed by atoms with E-state index in [2.05, 4.69) is 6.92 Å². The Kier molecular flexibility index (Phi) is 6.00. The molecule has 1 aliphatic carbocycles. The monoisotopic (exact) mass is 364 g/mol. The Labute approximate surface area is 152 Å². The molecule has 4 heteroatoms. The van der Waals surface area contributed by atoms with E-state index < -0.39 is 17.5 Å². The third-order valence-corrected chi connectivity index (χ3v) is 5.39. The van der Waals surface area contributed by atoms with Crippen LogP contribution in [0.15, 0.2) is 24.3 Å². The molecular weight excluding hydrogens is 340 g/mol. The molecule has 0 aromatic heterocycles. The van der Waals surface area contributed by atoms with Crippen LogP contribution in [0.3, 0.4) is 0 Å². The quantitative estimate of drug-likeness (QED) is 0.306. The Morgan fingerprint density at radius 3 is 2.46 bits per heavy atom. The van der Waals surface area contributed by atoms with Crippen molar-refractivity contribution in [1.29, 1.82) is 0 Å². The molecule has 1 unspecified atom stereocenters. The van der Waals surface area contributed by atoms with E-state index in [-0.39, 0.29) is 17.3 Å². The van der Waals surface area contributed by atoms with Crippen molar-refractivity contribution in [2.75, 3.05) is 0 Å². The molecule has 2 aromatic rings. The molecule has 1 atom stereocenters. The molecule has 26 heavy (non-hydrogen) atoms. The van der Waals surface area contributed by atoms with E-state index >= 15 is 0 Å². The van der Waals surface area contributed by atoms with E-state index in [4.69, 9.17) is 0 Å². The van der Waals surface area contributed by atoms with Crippen molar-refractivity contribution >= 4 is 0 Å². The van der Waals surface area contributed by atoms with Crippen LogP contribution in [0, 0.1) is 23.3 Å². The molecule has 0 amide bonds. The highest BCUT2D eigenvalue weighted by Gasteiger charge is 2.27. The van der Waals surface area contributed by atoms with Gasteiger partial charge in [0.05, 0.1) is 0 Å². The highest BCUT2D eigenvalue weighted by atomic mass is 19.2. The van der Waals surface area contributed by atoms with Crippen molar-refractivity contribution in [3.63, 3.8) is 0 Å². The molecule has 0 spiro atoms. The van der Waals surface area contributed by atoms with Gasteiger partial charge in [0, 0.05) is 0 Å². The van der Waals surface area contributed by atoms with Crippen LogP contribution in [-0.4, -0.2) is 0 Å². The lowest BCUT2D eigenvalue weighted by molar-refractivity contribution is 0.427. The normalized spacial score (nSPS) is 16.6. The first-order valence-corrected chi connectivity index (χ1v) is 9.44. The summed E-state index contributed by atoms with van der Waals surface area (Å²) in [5, 5.41) is 0. The van der Waals surface area contributed by atoms with E-state index in [1.807, 2.05) is 6.07 Å². The molecule has 0 heterocycles. The maximum atomic E-state index is 14.6. The molecule has 0 fully saturated rings. The lowest BCUT2D eigenvalue weighted by Gasteiger charge is -2.26. The van der Waals surface area contributed by atoms with Gasteiger partial charge in [-0.2, -0.15) is 0 Å². The molecule has 2 aromatic carbocycles. The molecule has 0 radical (unpaired) electrons. The molecule has 1 aliphatic rings. The van der Waals surface area contributed by atoms with Crippen molar-refractivity contribution in [3.05, 3.63) is 69.8 Å². The van der Waals surface area contributed by atoms with E-state index in [1.165, 1.54) is 12.8 Å². The maximum absolute atomic E-state index is 14.6. The molecule has 0 N–H and O–H groups in total. The maximum Gasteiger partial charge on any atom is 0.194 e. The highest BCUT2D eigenvalue weighted by molar-refractivity contribution is 5.37. The van der Waals surface area contributed by atoms with Gasteiger partial charge in [0.15, 0.2) is 17.5 Å². The summed E-state index contributed by atoms with van der Waals surface area (Å²) in [5.74, 6) is -4.08. The van der Waals surface area contributed by atoms with Crippen molar-refractivity contribution in [2.45, 2.75) is 64.2 Å². The molecule has 3 rings (SSSR count). The van der Waals surface area contributed by atoms with Crippen LogP contribution >= 0.6 is 0 Å². The first kappa shape index (κ1) is 18.9. The summed E-state index contributed by atoms with van der Waals surface area (Å²) in [6, 6.07) is 6.39. The first-order valence-electron chi connectivity index (χ1n) is 9.44. The second kappa shape index (κ2) is 8.24. The zero-order valence-electron chi connectivity index (χ0n) is 15.1. The van der Waals surface area contributed by atoms with Gasteiger partial charge >= 0.3 is 0 Å². The third kappa shape index (κ3) is 3.94. The predicted octanol–water partition coefficient (Wildman–Crippen LogP) is 6.64. The van der Waals surface area contributed by atoms with Crippen molar-refractivity contribution in [1.82, 2.24) is 0 Å². The van der Waals surface area contributed by atoms with Crippen LogP contribution in [-0.2, 0) is 19.3 Å². The van der Waals surface area contributed by atoms with Gasteiger partial charge in [-0.05, 0) is 72.4 Å². The molecule has 0 aliphatic heterocycles. The topological polar surface area (TPSA) is 0 Å². The van der Waals surface area contributed by atoms with Gasteiger partial charge in [0.25, 0.3) is 0 Å². The number of fused-ring (bicyclic) bond motifs is 1. The average molecular weight is 364 g/mol. The van der Waals surface area contributed by atoms with Crippen molar-refractivity contribution in [3.8, 4) is 0 Å². The summed E-state index contributed by atoms with van der Waals surface area (Å²) in [7, 11) is 0. The second-order valence-electron chi connectivity index (χ2n) is 7.23. The Morgan fingerprint density at radius 2 is 1.73 bits per heavy atom. The number of benzene rings is 2. The van der Waals surface area contributed by atoms with Crippen molar-refractivity contribution in [2.24, 2.45) is 0 Å². The Hall–Kier alpha value is -1.84. The number of rotatable bonds is 6. The molecular formula is C22H24F4. The minimum atomic E-state index is -1.42. The minimum absolute atomic E-state index is 0.138. The van der Waals surface area contributed by atoms with Gasteiger partial charge in [-0.15, -0.1) is 0 Å². The van der Waals surface area contributed by atoms with Gasteiger partial charge in [-0.1, -0.05) is 38.3 Å². The first-order chi connectivity index (χ1) is 12.5. The molecule has 0 saturated carbocycles. The smallest absolute Gasteiger partial charge is 0.194 e. The molecule has 0 saturated heterocycles. The number of aryl methyl sites for hydroxylation is 1. The standard InChI is InChI=1S/C22H24F4/c1-2-3-4-5-6-14-7-9-17(19(23)11-14)15-8-10-18-16(12-15)13-20(24)22(26)21(18)25/h7,9,11,13,15H,2-6,8,10,12H2,1H3. The fraction of sp³-hybridized carbons (Fsp3) is 0.455. The largest absolute Gasteiger partial charge is 0.207 e. The van der Waals surface area contributed by atoms with Gasteiger partial charge in [0.2, 0.25) is 0 Å². The van der Waals surface area contributed by atoms with E-state index in [0.717, 1.165) is 30.9 Å². The minimum Gasteiger partial charge on any atom is -0.207 e. The molecule has 0 bridgehead atoms. The fourth-order valence-corrected chi connectivity index (χ4v) is 3.90. The SMILES string of the molecule is CCCCCCc1ccc(C2CCc3c(cc(F)c(F)c3F)C2)c(F)c1. The Bertz CT molecular complexity index is 782. The number of unbranched alkanes of at least 4 members (excludes halogenated alkanes) is 3. The lowest BCUT2D eigenvalue weighted by Crippen LogP contribution is -2.17. The van der Waals surface area contributed by atoms with Crippen LogP contribution in [0.4, 0.5) is 17.6 Å².